The minimum Gasteiger partial charge on any atom is -0.480 e. The lowest BCUT2D eigenvalue weighted by molar-refractivity contribution is -0.383. The fourth-order valence-electron chi connectivity index (χ4n) is 3.21. The van der Waals surface area contributed by atoms with E-state index in [1.807, 2.05) is 6.07 Å². The third kappa shape index (κ3) is 4.58. The summed E-state index contributed by atoms with van der Waals surface area (Å²) in [5.41, 5.74) is 7.74. The van der Waals surface area contributed by atoms with Crippen molar-refractivity contribution in [3.05, 3.63) is 76.0 Å². The lowest BCUT2D eigenvalue weighted by Gasteiger charge is -2.18. The van der Waals surface area contributed by atoms with Gasteiger partial charge < -0.3 is 21.1 Å². The van der Waals surface area contributed by atoms with Crippen molar-refractivity contribution in [3.63, 3.8) is 0 Å². The number of rotatable bonds is 8. The van der Waals surface area contributed by atoms with Gasteiger partial charge in [0, 0.05) is 18.7 Å². The number of aromatic nitrogens is 1. The molecule has 150 valence electrons. The third-order valence-electron chi connectivity index (χ3n) is 4.64. The Bertz CT molecular complexity index is 1050. The van der Waals surface area contributed by atoms with E-state index >= 15 is 0 Å². The fraction of sp³-hybridized carbons (Fsp3) is 0.200. The van der Waals surface area contributed by atoms with Crippen LogP contribution < -0.4 is 11.1 Å². The number of aromatic amines is 1. The molecular weight excluding hydrogens is 376 g/mol. The normalized spacial score (nSPS) is 13.0. The monoisotopic (exact) mass is 396 g/mol. The van der Waals surface area contributed by atoms with Crippen LogP contribution in [-0.2, 0) is 22.4 Å². The Morgan fingerprint density at radius 1 is 1.14 bits per heavy atom. The first-order valence-corrected chi connectivity index (χ1v) is 8.93. The van der Waals surface area contributed by atoms with Gasteiger partial charge >= 0.3 is 5.97 Å². The first-order chi connectivity index (χ1) is 13.9. The molecule has 3 aromatic rings. The Morgan fingerprint density at radius 2 is 1.86 bits per heavy atom. The summed E-state index contributed by atoms with van der Waals surface area (Å²) in [6.45, 7) is 0. The van der Waals surface area contributed by atoms with Crippen LogP contribution in [0.5, 0.6) is 0 Å². The highest BCUT2D eigenvalue weighted by Crippen LogP contribution is 2.29. The van der Waals surface area contributed by atoms with Crippen molar-refractivity contribution < 1.29 is 19.6 Å². The van der Waals surface area contributed by atoms with E-state index in [1.165, 1.54) is 6.07 Å². The summed E-state index contributed by atoms with van der Waals surface area (Å²) in [7, 11) is 0. The van der Waals surface area contributed by atoms with Crippen molar-refractivity contribution in [1.82, 2.24) is 10.3 Å². The Kier molecular flexibility index (Phi) is 5.89. The first kappa shape index (κ1) is 20.0. The quantitative estimate of drug-likeness (QED) is 0.336. The molecule has 1 aromatic heterocycles. The molecule has 0 aliphatic carbocycles. The molecule has 3 rings (SSSR count). The summed E-state index contributed by atoms with van der Waals surface area (Å²) in [6.07, 6.45) is 1.71. The summed E-state index contributed by atoms with van der Waals surface area (Å²) in [5.74, 6) is -1.81. The van der Waals surface area contributed by atoms with Gasteiger partial charge in [0.15, 0.2) is 0 Å². The zero-order chi connectivity index (χ0) is 21.0. The zero-order valence-electron chi connectivity index (χ0n) is 15.4. The molecule has 0 fully saturated rings. The lowest BCUT2D eigenvalue weighted by atomic mass is 10.0. The average Bonchev–Trinajstić information content (AvgIpc) is 3.10. The molecule has 0 saturated heterocycles. The number of carboxylic acid groups (broad SMARTS) is 1. The average molecular weight is 396 g/mol. The number of non-ortho nitro benzene ring substituents is 1. The number of hydrogen-bond donors (Lipinski definition) is 4. The molecule has 29 heavy (non-hydrogen) atoms. The number of fused-ring (bicyclic) bond motifs is 1. The maximum Gasteiger partial charge on any atom is 0.326 e. The van der Waals surface area contributed by atoms with E-state index in [1.54, 1.807) is 42.6 Å². The van der Waals surface area contributed by atoms with E-state index in [-0.39, 0.29) is 18.5 Å². The molecule has 0 aliphatic rings. The molecule has 1 heterocycles. The van der Waals surface area contributed by atoms with Crippen molar-refractivity contribution in [2.45, 2.75) is 24.9 Å². The van der Waals surface area contributed by atoms with E-state index in [2.05, 4.69) is 10.3 Å². The number of benzene rings is 2. The standard InChI is InChI=1S/C20H20N4O5/c21-14(10-13-11-22-15-7-4-8-17(18(13)15)24(28)29)19(25)23-16(20(26)27)9-12-5-2-1-3-6-12/h1-8,11,14,16,22H,9-10,21H2,(H,23,25)(H,26,27)/t14-,16-/m0/s1. The molecule has 0 spiro atoms. The van der Waals surface area contributed by atoms with E-state index in [4.69, 9.17) is 5.73 Å². The number of hydrogen-bond acceptors (Lipinski definition) is 5. The van der Waals surface area contributed by atoms with Crippen LogP contribution in [-0.4, -0.2) is 39.0 Å². The summed E-state index contributed by atoms with van der Waals surface area (Å²) < 4.78 is 0. The number of carbonyl (C=O) groups excluding carboxylic acids is 1. The van der Waals surface area contributed by atoms with Gasteiger partial charge in [0.2, 0.25) is 5.91 Å². The van der Waals surface area contributed by atoms with Gasteiger partial charge in [-0.1, -0.05) is 36.4 Å². The predicted molar refractivity (Wildman–Crippen MR) is 106 cm³/mol. The smallest absolute Gasteiger partial charge is 0.326 e. The number of nitro benzene ring substituents is 1. The van der Waals surface area contributed by atoms with Crippen LogP contribution in [0.2, 0.25) is 0 Å². The molecule has 0 radical (unpaired) electrons. The van der Waals surface area contributed by atoms with Crippen LogP contribution in [0.3, 0.4) is 0 Å². The molecule has 2 atom stereocenters. The van der Waals surface area contributed by atoms with Gasteiger partial charge in [-0.25, -0.2) is 4.79 Å². The number of H-pyrrole nitrogens is 1. The molecule has 1 amide bonds. The number of nitrogens with two attached hydrogens (primary N) is 1. The van der Waals surface area contributed by atoms with Crippen LogP contribution in [0.25, 0.3) is 10.9 Å². The number of nitrogens with one attached hydrogen (secondary N) is 2. The second kappa shape index (κ2) is 8.53. The van der Waals surface area contributed by atoms with Crippen molar-refractivity contribution in [2.24, 2.45) is 5.73 Å². The minimum absolute atomic E-state index is 0.0222. The largest absolute Gasteiger partial charge is 0.480 e. The Hall–Kier alpha value is -3.72. The van der Waals surface area contributed by atoms with Crippen LogP contribution in [0.4, 0.5) is 5.69 Å². The molecule has 5 N–H and O–H groups in total. The Balaban J connectivity index is 1.74. The molecule has 0 aliphatic heterocycles. The topological polar surface area (TPSA) is 151 Å². The molecule has 9 heteroatoms. The van der Waals surface area contributed by atoms with Crippen molar-refractivity contribution in [2.75, 3.05) is 0 Å². The van der Waals surface area contributed by atoms with Gasteiger partial charge in [0.1, 0.15) is 6.04 Å². The van der Waals surface area contributed by atoms with Crippen LogP contribution in [0.1, 0.15) is 11.1 Å². The van der Waals surface area contributed by atoms with Crippen molar-refractivity contribution >= 4 is 28.5 Å². The second-order valence-corrected chi connectivity index (χ2v) is 6.67. The molecule has 0 saturated carbocycles. The van der Waals surface area contributed by atoms with Crippen LogP contribution >= 0.6 is 0 Å². The maximum atomic E-state index is 12.5. The molecule has 0 unspecified atom stereocenters. The van der Waals surface area contributed by atoms with E-state index < -0.39 is 28.9 Å². The Labute approximate surface area is 165 Å². The van der Waals surface area contributed by atoms with E-state index in [0.717, 1.165) is 5.56 Å². The Morgan fingerprint density at radius 3 is 2.52 bits per heavy atom. The number of nitro groups is 1. The first-order valence-electron chi connectivity index (χ1n) is 8.93. The number of carboxylic acids is 1. The predicted octanol–water partition coefficient (Wildman–Crippen LogP) is 1.76. The molecular formula is C20H20N4O5. The van der Waals surface area contributed by atoms with Crippen LogP contribution in [0, 0.1) is 10.1 Å². The van der Waals surface area contributed by atoms with Gasteiger partial charge in [0.25, 0.3) is 5.69 Å². The maximum absolute atomic E-state index is 12.5. The SMILES string of the molecule is N[C@@H](Cc1c[nH]c2cccc([N+](=O)[O-])c12)C(=O)N[C@@H](Cc1ccccc1)C(=O)O. The highest BCUT2D eigenvalue weighted by molar-refractivity contribution is 5.93. The number of nitrogens with zero attached hydrogens (tertiary/aromatic N) is 1. The molecule has 0 bridgehead atoms. The molecule has 2 aromatic carbocycles. The summed E-state index contributed by atoms with van der Waals surface area (Å²) in [6, 6.07) is 11.4. The fourth-order valence-corrected chi connectivity index (χ4v) is 3.21. The van der Waals surface area contributed by atoms with Gasteiger partial charge in [-0.2, -0.15) is 0 Å². The highest BCUT2D eigenvalue weighted by Gasteiger charge is 2.25. The van der Waals surface area contributed by atoms with E-state index in [9.17, 15) is 24.8 Å². The lowest BCUT2D eigenvalue weighted by Crippen LogP contribution is -2.50. The van der Waals surface area contributed by atoms with E-state index in [0.29, 0.717) is 16.5 Å². The third-order valence-corrected chi connectivity index (χ3v) is 4.64. The summed E-state index contributed by atoms with van der Waals surface area (Å²) in [5, 5.41) is 23.6. The van der Waals surface area contributed by atoms with Crippen molar-refractivity contribution in [3.8, 4) is 0 Å². The van der Waals surface area contributed by atoms with Gasteiger partial charge in [0.05, 0.1) is 21.9 Å². The summed E-state index contributed by atoms with van der Waals surface area (Å²) >= 11 is 0. The molecule has 9 nitrogen and oxygen atoms in total. The number of carbonyl (C=O) groups is 2. The van der Waals surface area contributed by atoms with Gasteiger partial charge in [-0.05, 0) is 23.6 Å². The number of amides is 1. The minimum atomic E-state index is -1.17. The summed E-state index contributed by atoms with van der Waals surface area (Å²) in [4.78, 5) is 37.8. The second-order valence-electron chi connectivity index (χ2n) is 6.67. The van der Waals surface area contributed by atoms with Gasteiger partial charge in [-0.15, -0.1) is 0 Å². The van der Waals surface area contributed by atoms with Crippen molar-refractivity contribution in [1.29, 1.82) is 0 Å². The highest BCUT2D eigenvalue weighted by atomic mass is 16.6. The number of aliphatic carboxylic acids is 1. The van der Waals surface area contributed by atoms with Crippen LogP contribution in [0.15, 0.2) is 54.7 Å². The zero-order valence-corrected chi connectivity index (χ0v) is 15.4. The van der Waals surface area contributed by atoms with Gasteiger partial charge in [-0.3, -0.25) is 14.9 Å².